The van der Waals surface area contributed by atoms with Gasteiger partial charge in [0.25, 0.3) is 0 Å². The minimum Gasteiger partial charge on any atom is -0.507 e. The molecule has 1 aromatic rings. The molecule has 0 spiro atoms. The van der Waals surface area contributed by atoms with Crippen molar-refractivity contribution >= 4 is 29.5 Å². The molecule has 0 saturated heterocycles. The van der Waals surface area contributed by atoms with Crippen molar-refractivity contribution in [2.24, 2.45) is 27.4 Å². The number of phenols is 1. The van der Waals surface area contributed by atoms with Crippen LogP contribution in [0.2, 0.25) is 5.02 Å². The number of hydrogen-bond acceptors (Lipinski definition) is 8. The molecule has 0 unspecified atom stereocenters. The second-order valence-corrected chi connectivity index (χ2v) is 10.2. The maximum Gasteiger partial charge on any atom is 0.347 e. The van der Waals surface area contributed by atoms with Gasteiger partial charge >= 0.3 is 5.97 Å². The van der Waals surface area contributed by atoms with Crippen molar-refractivity contribution in [2.75, 3.05) is 27.1 Å². The number of carbonyl (C=O) groups is 1. The van der Waals surface area contributed by atoms with Crippen LogP contribution in [0.5, 0.6) is 11.5 Å². The predicted octanol–water partition coefficient (Wildman–Crippen LogP) is 5.78. The smallest absolute Gasteiger partial charge is 0.347 e. The summed E-state index contributed by atoms with van der Waals surface area (Å²) in [5.41, 5.74) is 3.41. The molecular weight excluding hydrogens is 508 g/mol. The molecule has 0 heterocycles. The van der Waals surface area contributed by atoms with E-state index in [1.54, 1.807) is 13.8 Å². The average Bonchev–Trinajstić information content (AvgIpc) is 2.89. The highest BCUT2D eigenvalue weighted by molar-refractivity contribution is 6.33. The normalized spacial score (nSPS) is 23.4. The quantitative estimate of drug-likeness (QED) is 0.157. The fourth-order valence-corrected chi connectivity index (χ4v) is 4.98. The van der Waals surface area contributed by atoms with E-state index in [1.807, 2.05) is 13.0 Å². The predicted molar refractivity (Wildman–Crippen MR) is 151 cm³/mol. The molecule has 0 aromatic heterocycles. The van der Waals surface area contributed by atoms with Gasteiger partial charge in [0, 0.05) is 23.3 Å². The van der Waals surface area contributed by atoms with E-state index < -0.39 is 5.97 Å². The lowest BCUT2D eigenvalue weighted by Gasteiger charge is -2.43. The molecule has 1 aliphatic carbocycles. The van der Waals surface area contributed by atoms with Crippen molar-refractivity contribution in [2.45, 2.75) is 60.8 Å². The monoisotopic (exact) mass is 548 g/mol. The molecule has 0 bridgehead atoms. The number of methoxy groups -OCH3 is 1. The van der Waals surface area contributed by atoms with Crippen molar-refractivity contribution in [1.82, 2.24) is 0 Å². The Kier molecular flexibility index (Phi) is 11.9. The number of halogens is 1. The number of rotatable bonds is 11. The molecule has 0 aliphatic heterocycles. The second-order valence-electron chi connectivity index (χ2n) is 9.84. The number of ether oxygens (including phenoxy) is 2. The number of oxime groups is 1. The van der Waals surface area contributed by atoms with Crippen LogP contribution >= 0.6 is 11.6 Å². The van der Waals surface area contributed by atoms with Crippen LogP contribution in [0.3, 0.4) is 0 Å². The summed E-state index contributed by atoms with van der Waals surface area (Å²) in [5.74, 6) is 0.549. The lowest BCUT2D eigenvalue weighted by Crippen LogP contribution is -2.40. The zero-order valence-electron chi connectivity index (χ0n) is 23.5. The van der Waals surface area contributed by atoms with Gasteiger partial charge in [-0.05, 0) is 56.9 Å². The van der Waals surface area contributed by atoms with E-state index in [0.29, 0.717) is 46.4 Å². The summed E-state index contributed by atoms with van der Waals surface area (Å²) in [6, 6.07) is 0. The van der Waals surface area contributed by atoms with Crippen LogP contribution in [0.4, 0.5) is 0 Å². The van der Waals surface area contributed by atoms with E-state index in [1.165, 1.54) is 13.3 Å². The van der Waals surface area contributed by atoms with Gasteiger partial charge in [0.15, 0.2) is 0 Å². The van der Waals surface area contributed by atoms with E-state index in [4.69, 9.17) is 31.0 Å². The van der Waals surface area contributed by atoms with Gasteiger partial charge in [-0.3, -0.25) is 4.99 Å². The molecule has 1 aromatic carbocycles. The number of aromatic hydroxyl groups is 1. The van der Waals surface area contributed by atoms with Gasteiger partial charge in [0.1, 0.15) is 18.2 Å². The Morgan fingerprint density at radius 3 is 2.66 bits per heavy atom. The molecule has 210 valence electrons. The van der Waals surface area contributed by atoms with Crippen LogP contribution in [0.25, 0.3) is 0 Å². The summed E-state index contributed by atoms with van der Waals surface area (Å²) in [6.07, 6.45) is 9.89. The number of aliphatic imine (C=N–C) groups is 1. The first kappa shape index (κ1) is 31.4. The molecule has 2 N–H and O–H groups in total. The van der Waals surface area contributed by atoms with Crippen LogP contribution in [-0.4, -0.2) is 55.2 Å². The number of carbonyl (C=O) groups excluding carboxylic acids is 1. The van der Waals surface area contributed by atoms with Crippen LogP contribution in [0, 0.1) is 24.2 Å². The number of hydrogen-bond donors (Lipinski definition) is 2. The van der Waals surface area contributed by atoms with Crippen molar-refractivity contribution in [3.8, 4) is 11.5 Å². The fourth-order valence-electron chi connectivity index (χ4n) is 4.68. The van der Waals surface area contributed by atoms with Crippen LogP contribution in [0.1, 0.15) is 64.2 Å². The molecule has 1 saturated carbocycles. The minimum absolute atomic E-state index is 0.0270. The molecule has 1 aliphatic rings. The zero-order valence-corrected chi connectivity index (χ0v) is 24.3. The molecule has 38 heavy (non-hydrogen) atoms. The Balaban J connectivity index is 2.27. The molecule has 0 radical (unpaired) electrons. The standard InChI is InChI=1S/C29H41ClN2O6/c1-8-37-25(34)16-38-32-24-12-10-19(3)29(6,21(24)5)14-13-18(2)9-11-22-27(35)23(15-31-17-33)20(4)26(30)28(22)36-7/h9,13-15,19,21,33,35H,8,10-12,16-17H2,1-7H3/b14-13+,18-9+,31-15+,32-24+/t19-,21+,29+/m1/s1. The molecular formula is C29H41ClN2O6. The Hall–Kier alpha value is -2.84. The molecule has 9 heteroatoms. The largest absolute Gasteiger partial charge is 0.507 e. The number of nitrogens with zero attached hydrogens (tertiary/aromatic N) is 2. The molecule has 8 nitrogen and oxygen atoms in total. The number of allylic oxidation sites excluding steroid dienone is 4. The van der Waals surface area contributed by atoms with Crippen molar-refractivity contribution in [3.05, 3.63) is 45.5 Å². The van der Waals surface area contributed by atoms with E-state index in [2.05, 4.69) is 43.1 Å². The number of aliphatic hydroxyl groups excluding tert-OH is 1. The summed E-state index contributed by atoms with van der Waals surface area (Å²) in [6.45, 7) is 11.8. The van der Waals surface area contributed by atoms with E-state index >= 15 is 0 Å². The minimum atomic E-state index is -0.428. The summed E-state index contributed by atoms with van der Waals surface area (Å²) >= 11 is 6.52. The molecule has 0 amide bonds. The summed E-state index contributed by atoms with van der Waals surface area (Å²) in [7, 11) is 1.52. The Bertz CT molecular complexity index is 1110. The third-order valence-corrected chi connectivity index (χ3v) is 8.04. The highest BCUT2D eigenvalue weighted by Gasteiger charge is 2.41. The summed E-state index contributed by atoms with van der Waals surface area (Å²) < 4.78 is 10.4. The number of esters is 1. The van der Waals surface area contributed by atoms with Gasteiger partial charge in [0.05, 0.1) is 24.5 Å². The number of phenolic OH excluding ortho intramolecular Hbond substituents is 1. The highest BCUT2D eigenvalue weighted by atomic mass is 35.5. The van der Waals surface area contributed by atoms with Gasteiger partial charge in [0.2, 0.25) is 6.61 Å². The van der Waals surface area contributed by atoms with Gasteiger partial charge in [-0.25, -0.2) is 4.79 Å². The third kappa shape index (κ3) is 7.38. The summed E-state index contributed by atoms with van der Waals surface area (Å²) in [5, 5.41) is 24.7. The van der Waals surface area contributed by atoms with Crippen LogP contribution in [-0.2, 0) is 20.8 Å². The number of benzene rings is 1. The average molecular weight is 549 g/mol. The first-order valence-electron chi connectivity index (χ1n) is 12.9. The van der Waals surface area contributed by atoms with Gasteiger partial charge < -0.3 is 24.5 Å². The van der Waals surface area contributed by atoms with Gasteiger partial charge in [-0.2, -0.15) is 0 Å². The summed E-state index contributed by atoms with van der Waals surface area (Å²) in [4.78, 5) is 20.7. The zero-order chi connectivity index (χ0) is 28.5. The maximum atomic E-state index is 11.6. The third-order valence-electron chi connectivity index (χ3n) is 7.59. The lowest BCUT2D eigenvalue weighted by atomic mass is 9.61. The van der Waals surface area contributed by atoms with E-state index in [-0.39, 0.29) is 30.4 Å². The second kappa shape index (κ2) is 14.4. The first-order chi connectivity index (χ1) is 18.0. The Labute approximate surface area is 231 Å². The van der Waals surface area contributed by atoms with Crippen LogP contribution in [0.15, 0.2) is 33.9 Å². The van der Waals surface area contributed by atoms with Crippen molar-refractivity contribution < 1.29 is 29.3 Å². The topological polar surface area (TPSA) is 110 Å². The molecule has 2 rings (SSSR count). The number of aliphatic hydroxyl groups is 1. The van der Waals surface area contributed by atoms with Crippen molar-refractivity contribution in [1.29, 1.82) is 0 Å². The van der Waals surface area contributed by atoms with Gasteiger partial charge in [-0.15, -0.1) is 0 Å². The molecule has 1 fully saturated rings. The fraction of sp³-hybridized carbons (Fsp3) is 0.552. The molecule has 3 atom stereocenters. The van der Waals surface area contributed by atoms with Gasteiger partial charge in [-0.1, -0.05) is 61.3 Å². The Morgan fingerprint density at radius 2 is 2.03 bits per heavy atom. The van der Waals surface area contributed by atoms with E-state index in [0.717, 1.165) is 24.1 Å². The highest BCUT2D eigenvalue weighted by Crippen LogP contribution is 2.45. The lowest BCUT2D eigenvalue weighted by molar-refractivity contribution is -0.148. The van der Waals surface area contributed by atoms with E-state index in [9.17, 15) is 9.90 Å². The van der Waals surface area contributed by atoms with Crippen molar-refractivity contribution in [3.63, 3.8) is 0 Å². The van der Waals surface area contributed by atoms with Crippen LogP contribution < -0.4 is 4.74 Å². The first-order valence-corrected chi connectivity index (χ1v) is 13.3. The maximum absolute atomic E-state index is 11.6. The SMILES string of the molecule is CCOC(=O)CO/N=C1\CC[C@@H](C)[C@](C)(/C=C/C(C)=C/Cc2c(O)c(/C=N/CO)c(C)c(Cl)c2OC)[C@H]1C. The Morgan fingerprint density at radius 1 is 1.32 bits per heavy atom.